The first-order valence-corrected chi connectivity index (χ1v) is 12.6. The van der Waals surface area contributed by atoms with E-state index >= 15 is 0 Å². The summed E-state index contributed by atoms with van der Waals surface area (Å²) >= 11 is 0. The Balaban J connectivity index is 0.000000470. The number of benzene rings is 2. The summed E-state index contributed by atoms with van der Waals surface area (Å²) in [6, 6.07) is 18.0. The molecule has 2 aromatic carbocycles. The number of imidazole rings is 1. The fourth-order valence-corrected chi connectivity index (χ4v) is 4.25. The topological polar surface area (TPSA) is 116 Å². The molecule has 40 heavy (non-hydrogen) atoms. The number of anilines is 1. The number of nitrogen functional groups attached to an aromatic ring is 1. The van der Waals surface area contributed by atoms with E-state index in [0.717, 1.165) is 56.0 Å². The molecule has 11 heteroatoms. The largest absolute Gasteiger partial charge is 0.507 e. The van der Waals surface area contributed by atoms with Crippen LogP contribution in [0.25, 0.3) is 23.0 Å². The Labute approximate surface area is 229 Å². The lowest BCUT2D eigenvalue weighted by Gasteiger charge is -2.27. The third kappa shape index (κ3) is 7.61. The van der Waals surface area contributed by atoms with Crippen LogP contribution in [0.4, 0.5) is 18.9 Å². The summed E-state index contributed by atoms with van der Waals surface area (Å²) in [7, 11) is 0. The summed E-state index contributed by atoms with van der Waals surface area (Å²) in [5, 5.41) is 20.7. The van der Waals surface area contributed by atoms with Crippen molar-refractivity contribution in [1.29, 1.82) is 0 Å². The monoisotopic (exact) mass is 553 g/mol. The van der Waals surface area contributed by atoms with Crippen LogP contribution in [0.5, 0.6) is 5.75 Å². The van der Waals surface area contributed by atoms with E-state index < -0.39 is 12.1 Å². The lowest BCUT2D eigenvalue weighted by molar-refractivity contribution is -0.192. The van der Waals surface area contributed by atoms with E-state index in [0.29, 0.717) is 11.3 Å². The molecule has 5 N–H and O–H groups in total. The maximum Gasteiger partial charge on any atom is 0.490 e. The number of allylic oxidation sites excluding steroid dienone is 1. The molecular weight excluding hydrogens is 523 g/mol. The molecule has 0 saturated carbocycles. The van der Waals surface area contributed by atoms with Crippen molar-refractivity contribution in [3.8, 4) is 17.0 Å². The quantitative estimate of drug-likeness (QED) is 0.276. The van der Waals surface area contributed by atoms with Gasteiger partial charge in [0.1, 0.15) is 11.4 Å². The Kier molecular flexibility index (Phi) is 9.08. The van der Waals surface area contributed by atoms with Gasteiger partial charge in [0.2, 0.25) is 0 Å². The maximum atomic E-state index is 10.6. The van der Waals surface area contributed by atoms with Gasteiger partial charge in [0.15, 0.2) is 0 Å². The van der Waals surface area contributed by atoms with E-state index in [1.165, 1.54) is 11.1 Å². The summed E-state index contributed by atoms with van der Waals surface area (Å²) < 4.78 is 33.7. The number of carbonyl (C=O) groups is 1. The number of nitrogens with zero attached hydrogens (tertiary/aromatic N) is 3. The summed E-state index contributed by atoms with van der Waals surface area (Å²) in [6.45, 7) is 5.39. The summed E-state index contributed by atoms with van der Waals surface area (Å²) in [5.74, 6) is -2.54. The number of carboxylic acids is 1. The van der Waals surface area contributed by atoms with E-state index in [4.69, 9.17) is 15.6 Å². The van der Waals surface area contributed by atoms with E-state index in [1.807, 2.05) is 35.0 Å². The average molecular weight is 554 g/mol. The molecule has 1 fully saturated rings. The highest BCUT2D eigenvalue weighted by Crippen LogP contribution is 2.29. The molecule has 0 spiro atoms. The molecule has 0 bridgehead atoms. The number of fused-ring (bicyclic) bond motifs is 1. The Morgan fingerprint density at radius 1 is 1.05 bits per heavy atom. The molecule has 2 aromatic heterocycles. The van der Waals surface area contributed by atoms with Crippen LogP contribution >= 0.6 is 0 Å². The van der Waals surface area contributed by atoms with Crippen molar-refractivity contribution in [1.82, 2.24) is 19.6 Å². The Hall–Kier alpha value is -4.35. The van der Waals surface area contributed by atoms with Crippen LogP contribution in [0.15, 0.2) is 73.1 Å². The molecule has 1 aliphatic heterocycles. The molecule has 3 heterocycles. The van der Waals surface area contributed by atoms with Crippen molar-refractivity contribution < 1.29 is 28.2 Å². The van der Waals surface area contributed by atoms with E-state index in [-0.39, 0.29) is 5.75 Å². The predicted octanol–water partition coefficient (Wildman–Crippen LogP) is 4.58. The molecule has 0 radical (unpaired) electrons. The highest BCUT2D eigenvalue weighted by Gasteiger charge is 2.38. The number of aliphatic carboxylic acids is 1. The molecule has 210 valence electrons. The molecule has 0 amide bonds. The minimum Gasteiger partial charge on any atom is -0.507 e. The molecule has 1 aliphatic rings. The zero-order valence-corrected chi connectivity index (χ0v) is 21.6. The van der Waals surface area contributed by atoms with Crippen molar-refractivity contribution >= 4 is 23.4 Å². The van der Waals surface area contributed by atoms with E-state index in [9.17, 15) is 18.3 Å². The number of rotatable bonds is 6. The number of aromatic nitrogens is 2. The Morgan fingerprint density at radius 2 is 1.70 bits per heavy atom. The van der Waals surface area contributed by atoms with Gasteiger partial charge in [0.25, 0.3) is 0 Å². The number of carboxylic acid groups (broad SMARTS) is 1. The van der Waals surface area contributed by atoms with Crippen molar-refractivity contribution in [3.63, 3.8) is 0 Å². The normalized spacial score (nSPS) is 14.3. The predicted molar refractivity (Wildman–Crippen MR) is 148 cm³/mol. The van der Waals surface area contributed by atoms with E-state index in [2.05, 4.69) is 51.6 Å². The highest BCUT2D eigenvalue weighted by atomic mass is 19.4. The zero-order chi connectivity index (χ0) is 28.7. The second kappa shape index (κ2) is 12.7. The van der Waals surface area contributed by atoms with E-state index in [1.54, 1.807) is 12.1 Å². The number of nitrogens with one attached hydrogen (secondary N) is 1. The number of hydrogen-bond donors (Lipinski definition) is 4. The van der Waals surface area contributed by atoms with Gasteiger partial charge in [-0.25, -0.2) is 9.78 Å². The molecule has 4 aromatic rings. The van der Waals surface area contributed by atoms with Crippen LogP contribution in [-0.4, -0.2) is 62.8 Å². The number of para-hydroxylation sites is 1. The Morgan fingerprint density at radius 3 is 2.35 bits per heavy atom. The summed E-state index contributed by atoms with van der Waals surface area (Å²) in [6.07, 6.45) is 3.86. The van der Waals surface area contributed by atoms with Crippen molar-refractivity contribution in [3.05, 3.63) is 89.8 Å². The molecular formula is C29H30F3N5O3. The van der Waals surface area contributed by atoms with Crippen LogP contribution in [0.3, 0.4) is 0 Å². The van der Waals surface area contributed by atoms with Gasteiger partial charge in [0.05, 0.1) is 5.69 Å². The lowest BCUT2D eigenvalue weighted by Crippen LogP contribution is -2.42. The second-order valence-corrected chi connectivity index (χ2v) is 9.34. The van der Waals surface area contributed by atoms with Gasteiger partial charge in [-0.05, 0) is 29.7 Å². The molecule has 0 aliphatic carbocycles. The van der Waals surface area contributed by atoms with Crippen LogP contribution < -0.4 is 11.1 Å². The number of piperazine rings is 1. The first kappa shape index (κ1) is 28.7. The van der Waals surface area contributed by atoms with Crippen molar-refractivity contribution in [2.45, 2.75) is 19.1 Å². The number of hydrogen-bond acceptors (Lipinski definition) is 6. The molecule has 0 atom stereocenters. The van der Waals surface area contributed by atoms with Gasteiger partial charge in [-0.1, -0.05) is 48.6 Å². The minimum atomic E-state index is -5.08. The van der Waals surface area contributed by atoms with Gasteiger partial charge in [0, 0.05) is 68.0 Å². The summed E-state index contributed by atoms with van der Waals surface area (Å²) in [5.41, 5.74) is 12.7. The number of phenols is 1. The number of phenolic OH excluding ortho intramolecular Hbond substituents is 1. The van der Waals surface area contributed by atoms with Gasteiger partial charge < -0.3 is 25.7 Å². The summed E-state index contributed by atoms with van der Waals surface area (Å²) in [4.78, 5) is 16.0. The van der Waals surface area contributed by atoms with Crippen molar-refractivity contribution in [2.75, 3.05) is 31.9 Å². The fourth-order valence-electron chi connectivity index (χ4n) is 4.25. The number of halogens is 3. The third-order valence-corrected chi connectivity index (χ3v) is 6.37. The standard InChI is InChI=1S/C27H29N5O.C2HF3O2/c28-24-16-27-30-25(23-6-1-2-7-26(23)33)19-32(27)18-22(24)5-3-4-20-8-10-21(11-9-20)17-31-14-12-29-13-15-31;3-2(4,5)1(6)7/h1-3,5-11,16,18-19,29,33H,4,12-15,17,28H2;(H,6,7)/b5-3+;. The maximum absolute atomic E-state index is 10.6. The first-order valence-electron chi connectivity index (χ1n) is 12.6. The minimum absolute atomic E-state index is 0.216. The molecule has 0 unspecified atom stereocenters. The fraction of sp³-hybridized carbons (Fsp3) is 0.241. The van der Waals surface area contributed by atoms with Crippen LogP contribution in [0, 0.1) is 0 Å². The lowest BCUT2D eigenvalue weighted by atomic mass is 10.1. The number of pyridine rings is 1. The van der Waals surface area contributed by atoms with Gasteiger partial charge >= 0.3 is 12.1 Å². The first-order chi connectivity index (χ1) is 19.1. The van der Waals surface area contributed by atoms with Crippen LogP contribution in [0.1, 0.15) is 16.7 Å². The zero-order valence-electron chi connectivity index (χ0n) is 21.6. The van der Waals surface area contributed by atoms with Gasteiger partial charge in [-0.3, -0.25) is 4.90 Å². The number of alkyl halides is 3. The van der Waals surface area contributed by atoms with Crippen LogP contribution in [0.2, 0.25) is 0 Å². The molecule has 1 saturated heterocycles. The Bertz CT molecular complexity index is 1480. The number of nitrogens with two attached hydrogens (primary N) is 1. The second-order valence-electron chi connectivity index (χ2n) is 9.34. The highest BCUT2D eigenvalue weighted by molar-refractivity contribution is 5.73. The van der Waals surface area contributed by atoms with Crippen molar-refractivity contribution in [2.24, 2.45) is 0 Å². The average Bonchev–Trinajstić information content (AvgIpc) is 3.33. The van der Waals surface area contributed by atoms with Crippen LogP contribution in [-0.2, 0) is 17.8 Å². The number of aromatic hydroxyl groups is 1. The van der Waals surface area contributed by atoms with Gasteiger partial charge in [-0.2, -0.15) is 13.2 Å². The molecule has 5 rings (SSSR count). The molecule has 8 nitrogen and oxygen atoms in total. The SMILES string of the molecule is Nc1cc2nc(-c3ccccc3O)cn2cc1/C=C/Cc1ccc(CN2CCNCC2)cc1.O=C(O)C(F)(F)F. The van der Waals surface area contributed by atoms with Gasteiger partial charge in [-0.15, -0.1) is 0 Å². The smallest absolute Gasteiger partial charge is 0.490 e. The third-order valence-electron chi connectivity index (χ3n) is 6.37.